The van der Waals surface area contributed by atoms with E-state index in [1.807, 2.05) is 0 Å². The fourth-order valence-electron chi connectivity index (χ4n) is 2.50. The van der Waals surface area contributed by atoms with Crippen LogP contribution in [0.1, 0.15) is 26.7 Å². The second kappa shape index (κ2) is 3.80. The fourth-order valence-corrected chi connectivity index (χ4v) is 2.50. The third kappa shape index (κ3) is 2.27. The lowest BCUT2D eigenvalue weighted by atomic mass is 9.93. The second-order valence-electron chi connectivity index (χ2n) is 5.52. The molecule has 2 fully saturated rings. The van der Waals surface area contributed by atoms with Crippen LogP contribution in [0.4, 0.5) is 0 Å². The largest absolute Gasteiger partial charge is 0.372 e. The molecule has 0 saturated carbocycles. The highest BCUT2D eigenvalue weighted by atomic mass is 16.5. The van der Waals surface area contributed by atoms with Gasteiger partial charge in [-0.1, -0.05) is 13.8 Å². The number of rotatable bonds is 3. The van der Waals surface area contributed by atoms with E-state index in [0.29, 0.717) is 12.2 Å². The molecule has 82 valence electrons. The minimum Gasteiger partial charge on any atom is -0.372 e. The first-order valence-corrected chi connectivity index (χ1v) is 5.67. The molecule has 2 aliphatic heterocycles. The van der Waals surface area contributed by atoms with E-state index in [4.69, 9.17) is 10.5 Å². The summed E-state index contributed by atoms with van der Waals surface area (Å²) in [6, 6.07) is 0. The van der Waals surface area contributed by atoms with Crippen LogP contribution in [0.5, 0.6) is 0 Å². The van der Waals surface area contributed by atoms with E-state index in [-0.39, 0.29) is 5.41 Å². The molecule has 2 atom stereocenters. The molecule has 2 rings (SSSR count). The normalized spacial score (nSPS) is 33.6. The lowest BCUT2D eigenvalue weighted by Crippen LogP contribution is -2.47. The molecule has 0 aromatic carbocycles. The number of hydrogen-bond acceptors (Lipinski definition) is 3. The number of nitrogens with two attached hydrogens (primary N) is 1. The van der Waals surface area contributed by atoms with Gasteiger partial charge in [-0.05, 0) is 24.8 Å². The van der Waals surface area contributed by atoms with Gasteiger partial charge in [-0.2, -0.15) is 0 Å². The standard InChI is InChI=1S/C11H22N2O/c1-11(2,7-12)8-13-5-9-3-4-10(6-13)14-9/h9-10H,3-8,12H2,1-2H3. The van der Waals surface area contributed by atoms with Crippen LogP contribution in [0.25, 0.3) is 0 Å². The van der Waals surface area contributed by atoms with Gasteiger partial charge in [0.1, 0.15) is 0 Å². The van der Waals surface area contributed by atoms with Crippen LogP contribution in [-0.4, -0.2) is 43.3 Å². The predicted octanol–water partition coefficient (Wildman–Crippen LogP) is 0.834. The lowest BCUT2D eigenvalue weighted by molar-refractivity contribution is -0.0471. The van der Waals surface area contributed by atoms with Crippen molar-refractivity contribution in [3.63, 3.8) is 0 Å². The van der Waals surface area contributed by atoms with Crippen molar-refractivity contribution in [2.45, 2.75) is 38.9 Å². The topological polar surface area (TPSA) is 38.5 Å². The van der Waals surface area contributed by atoms with E-state index in [9.17, 15) is 0 Å². The number of likely N-dealkylation sites (tertiary alicyclic amines) is 1. The van der Waals surface area contributed by atoms with Crippen LogP contribution in [0.15, 0.2) is 0 Å². The number of hydrogen-bond donors (Lipinski definition) is 1. The minimum absolute atomic E-state index is 0.247. The molecule has 2 N–H and O–H groups in total. The van der Waals surface area contributed by atoms with Crippen molar-refractivity contribution < 1.29 is 4.74 Å². The molecule has 0 radical (unpaired) electrons. The second-order valence-corrected chi connectivity index (χ2v) is 5.52. The van der Waals surface area contributed by atoms with Crippen LogP contribution in [-0.2, 0) is 4.74 Å². The van der Waals surface area contributed by atoms with Gasteiger partial charge in [0.05, 0.1) is 12.2 Å². The summed E-state index contributed by atoms with van der Waals surface area (Å²) in [7, 11) is 0. The first-order chi connectivity index (χ1) is 6.59. The maximum Gasteiger partial charge on any atom is 0.0707 e. The minimum atomic E-state index is 0.247. The van der Waals surface area contributed by atoms with Gasteiger partial charge in [-0.15, -0.1) is 0 Å². The summed E-state index contributed by atoms with van der Waals surface area (Å²) in [5.74, 6) is 0. The van der Waals surface area contributed by atoms with Gasteiger partial charge < -0.3 is 10.5 Å². The molecule has 0 aromatic heterocycles. The Kier molecular flexibility index (Phi) is 2.82. The monoisotopic (exact) mass is 198 g/mol. The van der Waals surface area contributed by atoms with Crippen molar-refractivity contribution in [2.75, 3.05) is 26.2 Å². The van der Waals surface area contributed by atoms with Crippen molar-refractivity contribution in [1.29, 1.82) is 0 Å². The van der Waals surface area contributed by atoms with Crippen molar-refractivity contribution in [3.8, 4) is 0 Å². The molecular weight excluding hydrogens is 176 g/mol. The van der Waals surface area contributed by atoms with E-state index in [0.717, 1.165) is 26.2 Å². The molecule has 3 nitrogen and oxygen atoms in total. The van der Waals surface area contributed by atoms with Gasteiger partial charge in [0, 0.05) is 19.6 Å². The maximum absolute atomic E-state index is 5.80. The lowest BCUT2D eigenvalue weighted by Gasteiger charge is -2.37. The summed E-state index contributed by atoms with van der Waals surface area (Å²) in [6.07, 6.45) is 3.51. The predicted molar refractivity (Wildman–Crippen MR) is 57.2 cm³/mol. The average Bonchev–Trinajstić information content (AvgIpc) is 2.45. The fraction of sp³-hybridized carbons (Fsp3) is 1.00. The van der Waals surface area contributed by atoms with Crippen LogP contribution in [0, 0.1) is 5.41 Å². The van der Waals surface area contributed by atoms with Crippen LogP contribution < -0.4 is 5.73 Å². The molecule has 0 aliphatic carbocycles. The molecule has 2 bridgehead atoms. The van der Waals surface area contributed by atoms with Gasteiger partial charge >= 0.3 is 0 Å². The first-order valence-electron chi connectivity index (χ1n) is 5.67. The Bertz CT molecular complexity index is 193. The molecule has 0 aromatic rings. The van der Waals surface area contributed by atoms with Crippen LogP contribution >= 0.6 is 0 Å². The Hall–Kier alpha value is -0.120. The summed E-state index contributed by atoms with van der Waals surface area (Å²) in [5.41, 5.74) is 6.00. The third-order valence-electron chi connectivity index (χ3n) is 3.32. The van der Waals surface area contributed by atoms with Gasteiger partial charge in [-0.3, -0.25) is 4.90 Å². The number of ether oxygens (including phenoxy) is 1. The Morgan fingerprint density at radius 1 is 1.29 bits per heavy atom. The van der Waals surface area contributed by atoms with Crippen LogP contribution in [0.2, 0.25) is 0 Å². The Labute approximate surface area is 86.6 Å². The molecule has 2 unspecified atom stereocenters. The van der Waals surface area contributed by atoms with Gasteiger partial charge in [0.2, 0.25) is 0 Å². The summed E-state index contributed by atoms with van der Waals surface area (Å²) in [6.45, 7) is 8.58. The zero-order valence-electron chi connectivity index (χ0n) is 9.33. The molecule has 14 heavy (non-hydrogen) atoms. The zero-order valence-corrected chi connectivity index (χ0v) is 9.33. The van der Waals surface area contributed by atoms with E-state index in [2.05, 4.69) is 18.7 Å². The maximum atomic E-state index is 5.80. The van der Waals surface area contributed by atoms with Crippen molar-refractivity contribution >= 4 is 0 Å². The summed E-state index contributed by atoms with van der Waals surface area (Å²) in [4.78, 5) is 2.53. The van der Waals surface area contributed by atoms with Gasteiger partial charge in [-0.25, -0.2) is 0 Å². The summed E-state index contributed by atoms with van der Waals surface area (Å²) >= 11 is 0. The molecule has 2 aliphatic rings. The molecule has 2 saturated heterocycles. The summed E-state index contributed by atoms with van der Waals surface area (Å²) in [5, 5.41) is 0. The molecule has 0 spiro atoms. The number of fused-ring (bicyclic) bond motifs is 2. The van der Waals surface area contributed by atoms with Crippen molar-refractivity contribution in [3.05, 3.63) is 0 Å². The Balaban J connectivity index is 1.88. The number of nitrogens with zero attached hydrogens (tertiary/aromatic N) is 1. The molecule has 2 heterocycles. The van der Waals surface area contributed by atoms with Crippen LogP contribution in [0.3, 0.4) is 0 Å². The summed E-state index contributed by atoms with van der Waals surface area (Å²) < 4.78 is 5.80. The van der Waals surface area contributed by atoms with Crippen molar-refractivity contribution in [2.24, 2.45) is 11.1 Å². The quantitative estimate of drug-likeness (QED) is 0.730. The Morgan fingerprint density at radius 2 is 1.86 bits per heavy atom. The highest BCUT2D eigenvalue weighted by Crippen LogP contribution is 2.28. The molecular formula is C11H22N2O. The van der Waals surface area contributed by atoms with Gasteiger partial charge in [0.15, 0.2) is 0 Å². The zero-order chi connectivity index (χ0) is 10.2. The SMILES string of the molecule is CC(C)(CN)CN1CC2CCC(C1)O2. The molecule has 3 heteroatoms. The highest BCUT2D eigenvalue weighted by molar-refractivity contribution is 4.87. The number of morpholine rings is 1. The smallest absolute Gasteiger partial charge is 0.0707 e. The third-order valence-corrected chi connectivity index (χ3v) is 3.32. The molecule has 0 amide bonds. The van der Waals surface area contributed by atoms with E-state index in [1.54, 1.807) is 0 Å². The highest BCUT2D eigenvalue weighted by Gasteiger charge is 2.35. The van der Waals surface area contributed by atoms with Crippen molar-refractivity contribution in [1.82, 2.24) is 4.90 Å². The van der Waals surface area contributed by atoms with E-state index in [1.165, 1.54) is 12.8 Å². The van der Waals surface area contributed by atoms with Gasteiger partial charge in [0.25, 0.3) is 0 Å². The van der Waals surface area contributed by atoms with E-state index >= 15 is 0 Å². The Morgan fingerprint density at radius 3 is 2.36 bits per heavy atom. The first kappa shape index (κ1) is 10.4. The average molecular weight is 198 g/mol. The van der Waals surface area contributed by atoms with E-state index < -0.39 is 0 Å².